The number of carboxylic acid groups (broad SMARTS) is 1. The predicted molar refractivity (Wildman–Crippen MR) is 229 cm³/mol. The molecule has 0 saturated carbocycles. The molecule has 0 unspecified atom stereocenters. The number of imide groups is 1. The number of benzene rings is 2. The van der Waals surface area contributed by atoms with Crippen LogP contribution in [0.2, 0.25) is 0 Å². The van der Waals surface area contributed by atoms with Gasteiger partial charge in [-0.3, -0.25) is 38.5 Å². The summed E-state index contributed by atoms with van der Waals surface area (Å²) in [5.41, 5.74) is 14.0. The molecule has 5 rings (SSSR count). The lowest BCUT2D eigenvalue weighted by molar-refractivity contribution is -0.137. The van der Waals surface area contributed by atoms with Gasteiger partial charge in [-0.05, 0) is 81.3 Å². The number of hydrogen-bond donors (Lipinski definition) is 8. The van der Waals surface area contributed by atoms with Crippen LogP contribution in [0.3, 0.4) is 0 Å². The van der Waals surface area contributed by atoms with E-state index in [1.165, 1.54) is 31.2 Å². The van der Waals surface area contributed by atoms with E-state index in [0.29, 0.717) is 73.9 Å². The fourth-order valence-corrected chi connectivity index (χ4v) is 6.31. The Morgan fingerprint density at radius 3 is 2.16 bits per heavy atom. The van der Waals surface area contributed by atoms with E-state index in [1.54, 1.807) is 18.3 Å². The molecule has 10 N–H and O–H groups in total. The van der Waals surface area contributed by atoms with Crippen molar-refractivity contribution in [2.75, 3.05) is 43.0 Å². The van der Waals surface area contributed by atoms with Crippen molar-refractivity contribution in [2.24, 2.45) is 0 Å². The number of aryl methyl sites for hydroxylation is 2. The molecule has 0 fully saturated rings. The van der Waals surface area contributed by atoms with E-state index in [0.717, 1.165) is 16.5 Å². The van der Waals surface area contributed by atoms with Crippen LogP contribution < -0.4 is 38.1 Å². The van der Waals surface area contributed by atoms with Gasteiger partial charge in [-0.2, -0.15) is 9.97 Å². The molecule has 0 radical (unpaired) electrons. The van der Waals surface area contributed by atoms with Gasteiger partial charge in [-0.25, -0.2) is 14.8 Å². The van der Waals surface area contributed by atoms with Gasteiger partial charge >= 0.3 is 5.97 Å². The Hall–Kier alpha value is -7.84. The second-order valence-corrected chi connectivity index (χ2v) is 14.5. The highest BCUT2D eigenvalue weighted by atomic mass is 16.4. The Labute approximate surface area is 360 Å². The third-order valence-corrected chi connectivity index (χ3v) is 9.73. The highest BCUT2D eigenvalue weighted by Crippen LogP contribution is 2.18. The lowest BCUT2D eigenvalue weighted by Gasteiger charge is -2.15. The molecule has 0 bridgehead atoms. The summed E-state index contributed by atoms with van der Waals surface area (Å²) in [6.07, 6.45) is 7.99. The Bertz CT molecular complexity index is 2410. The van der Waals surface area contributed by atoms with Crippen molar-refractivity contribution in [3.05, 3.63) is 88.8 Å². The third kappa shape index (κ3) is 13.6. The van der Waals surface area contributed by atoms with Crippen LogP contribution in [0.4, 0.5) is 17.5 Å². The summed E-state index contributed by atoms with van der Waals surface area (Å²) < 4.78 is 0. The maximum absolute atomic E-state index is 12.9. The molecular formula is C42H48N12O9. The van der Waals surface area contributed by atoms with Crippen LogP contribution in [0.25, 0.3) is 11.2 Å². The van der Waals surface area contributed by atoms with E-state index >= 15 is 0 Å². The summed E-state index contributed by atoms with van der Waals surface area (Å²) in [5, 5.41) is 22.8. The lowest BCUT2D eigenvalue weighted by Crippen LogP contribution is -2.45. The molecule has 63 heavy (non-hydrogen) atoms. The van der Waals surface area contributed by atoms with Crippen LogP contribution >= 0.6 is 0 Å². The number of nitrogens with two attached hydrogens (primary N) is 2. The topological polar surface area (TPSA) is 324 Å². The number of nitrogens with one attached hydrogen (secondary N) is 5. The van der Waals surface area contributed by atoms with E-state index in [9.17, 15) is 43.5 Å². The van der Waals surface area contributed by atoms with Crippen LogP contribution in [0.1, 0.15) is 87.8 Å². The smallest absolute Gasteiger partial charge is 0.336 e. The quantitative estimate of drug-likeness (QED) is 0.0404. The molecule has 330 valence electrons. The molecule has 0 saturated heterocycles. The SMILES string of the molecule is C[C@H](NC(=O)CNC(=O)CCCCCN1C(=O)C=CC1=O)C(=O)Nc1ccc(C(=O)NCCCCNC(=O)c2ccc(CCc3cnc4nc(N)nc(N)c4n3)cc2)c(C(=O)O)c1. The fraction of sp³-hybridized carbons (Fsp3) is 0.333. The first kappa shape index (κ1) is 46.2. The molecular weight excluding hydrogens is 817 g/mol. The maximum Gasteiger partial charge on any atom is 0.336 e. The molecule has 1 aliphatic rings. The van der Waals surface area contributed by atoms with Gasteiger partial charge in [0.05, 0.1) is 29.6 Å². The number of carbonyl (C=O) groups excluding carboxylic acids is 7. The second kappa shape index (κ2) is 22.1. The fourth-order valence-electron chi connectivity index (χ4n) is 6.31. The molecule has 1 atom stereocenters. The van der Waals surface area contributed by atoms with Crippen LogP contribution in [0, 0.1) is 0 Å². The number of anilines is 3. The highest BCUT2D eigenvalue weighted by Gasteiger charge is 2.23. The number of aromatic carboxylic acids is 1. The molecule has 7 amide bonds. The van der Waals surface area contributed by atoms with Crippen molar-refractivity contribution in [3.8, 4) is 0 Å². The van der Waals surface area contributed by atoms with Crippen molar-refractivity contribution in [3.63, 3.8) is 0 Å². The summed E-state index contributed by atoms with van der Waals surface area (Å²) >= 11 is 0. The molecule has 4 aromatic rings. The van der Waals surface area contributed by atoms with Gasteiger partial charge in [0.1, 0.15) is 6.04 Å². The van der Waals surface area contributed by atoms with Crippen molar-refractivity contribution in [2.45, 2.75) is 64.3 Å². The first-order chi connectivity index (χ1) is 30.2. The van der Waals surface area contributed by atoms with Crippen LogP contribution in [0.15, 0.2) is 60.8 Å². The average molecular weight is 865 g/mol. The van der Waals surface area contributed by atoms with Crippen LogP contribution in [0.5, 0.6) is 0 Å². The average Bonchev–Trinajstić information content (AvgIpc) is 3.58. The predicted octanol–water partition coefficient (Wildman–Crippen LogP) is 1.05. The number of carbonyl (C=O) groups is 8. The first-order valence-electron chi connectivity index (χ1n) is 20.2. The van der Waals surface area contributed by atoms with Crippen LogP contribution in [-0.2, 0) is 36.8 Å². The minimum absolute atomic E-state index is 0.0247. The molecule has 0 aliphatic carbocycles. The van der Waals surface area contributed by atoms with Gasteiger partial charge in [0.2, 0.25) is 23.7 Å². The Balaban J connectivity index is 0.957. The second-order valence-electron chi connectivity index (χ2n) is 14.5. The molecule has 2 aromatic heterocycles. The zero-order chi connectivity index (χ0) is 45.5. The minimum atomic E-state index is -1.40. The van der Waals surface area contributed by atoms with Crippen molar-refractivity contribution in [1.82, 2.24) is 46.1 Å². The largest absolute Gasteiger partial charge is 0.478 e. The molecule has 21 nitrogen and oxygen atoms in total. The number of rotatable bonds is 22. The third-order valence-electron chi connectivity index (χ3n) is 9.73. The number of unbranched alkanes of at least 4 members (excludes halogenated alkanes) is 3. The minimum Gasteiger partial charge on any atom is -0.478 e. The van der Waals surface area contributed by atoms with Gasteiger partial charge in [0, 0.05) is 49.5 Å². The summed E-state index contributed by atoms with van der Waals surface area (Å²) in [7, 11) is 0. The number of fused-ring (bicyclic) bond motifs is 1. The van der Waals surface area contributed by atoms with E-state index in [4.69, 9.17) is 11.5 Å². The summed E-state index contributed by atoms with van der Waals surface area (Å²) in [5.74, 6) is -4.52. The maximum atomic E-state index is 12.9. The zero-order valence-electron chi connectivity index (χ0n) is 34.4. The monoisotopic (exact) mass is 864 g/mol. The Morgan fingerprint density at radius 1 is 0.762 bits per heavy atom. The lowest BCUT2D eigenvalue weighted by atomic mass is 10.1. The van der Waals surface area contributed by atoms with Gasteiger partial charge < -0.3 is 43.2 Å². The van der Waals surface area contributed by atoms with Crippen molar-refractivity contribution in [1.29, 1.82) is 0 Å². The number of aromatic nitrogens is 4. The molecule has 0 spiro atoms. The van der Waals surface area contributed by atoms with Crippen molar-refractivity contribution < 1.29 is 43.5 Å². The highest BCUT2D eigenvalue weighted by molar-refractivity contribution is 6.13. The van der Waals surface area contributed by atoms with Gasteiger partial charge in [-0.1, -0.05) is 18.6 Å². The summed E-state index contributed by atoms with van der Waals surface area (Å²) in [4.78, 5) is 116. The Morgan fingerprint density at radius 2 is 1.46 bits per heavy atom. The standard InChI is InChI=1S/C42H48N12O9/c1-24(49-32(56)23-47-31(55)7-3-2-6-20-54-33(57)16-17-34(54)58)38(59)51-27-14-15-29(30(21-27)41(62)63)40(61)46-19-5-4-18-45-39(60)26-11-8-25(9-12-26)10-13-28-22-48-37-35(50-28)36(43)52-42(44)53-37/h8-9,11-12,14-17,21-22,24H,2-7,10,13,18-20,23H2,1H3,(H,45,60)(H,46,61)(H,47,55)(H,49,56)(H,51,59)(H,62,63)(H4,43,44,48,52,53)/t24-/m0/s1. The number of hydrogen-bond acceptors (Lipinski definition) is 14. The van der Waals surface area contributed by atoms with Gasteiger partial charge in [-0.15, -0.1) is 0 Å². The van der Waals surface area contributed by atoms with E-state index < -0.39 is 29.7 Å². The number of nitrogens with zero attached hydrogens (tertiary/aromatic N) is 5. The van der Waals surface area contributed by atoms with Crippen molar-refractivity contribution >= 4 is 75.9 Å². The summed E-state index contributed by atoms with van der Waals surface area (Å²) in [6.45, 7) is 1.83. The van der Waals surface area contributed by atoms with Gasteiger partial charge in [0.15, 0.2) is 17.0 Å². The molecule has 1 aliphatic heterocycles. The number of nitrogen functional groups attached to an aromatic ring is 2. The molecule has 21 heteroatoms. The van der Waals surface area contributed by atoms with E-state index in [2.05, 4.69) is 46.5 Å². The van der Waals surface area contributed by atoms with Gasteiger partial charge in [0.25, 0.3) is 23.6 Å². The number of carboxylic acids is 1. The molecule has 3 heterocycles. The summed E-state index contributed by atoms with van der Waals surface area (Å²) in [6, 6.07) is 9.86. The normalized spacial score (nSPS) is 12.5. The zero-order valence-corrected chi connectivity index (χ0v) is 34.4. The number of amides is 7. The molecule has 2 aromatic carbocycles. The van der Waals surface area contributed by atoms with Crippen LogP contribution in [-0.4, -0.2) is 109 Å². The Kier molecular flexibility index (Phi) is 16.2. The van der Waals surface area contributed by atoms with E-state index in [-0.39, 0.29) is 78.3 Å². The first-order valence-corrected chi connectivity index (χ1v) is 20.2. The van der Waals surface area contributed by atoms with E-state index in [1.807, 2.05) is 12.1 Å².